The minimum absolute atomic E-state index is 0.0591. The van der Waals surface area contributed by atoms with Crippen LogP contribution in [-0.2, 0) is 20.9 Å². The van der Waals surface area contributed by atoms with Crippen LogP contribution in [0.2, 0.25) is 10.0 Å². The number of hydrogen-bond donors (Lipinski definition) is 4. The predicted octanol–water partition coefficient (Wildman–Crippen LogP) is 5.53. The van der Waals surface area contributed by atoms with Gasteiger partial charge >= 0.3 is 0 Å². The minimum atomic E-state index is -0.163. The molecule has 2 fully saturated rings. The van der Waals surface area contributed by atoms with Gasteiger partial charge in [-0.05, 0) is 61.4 Å². The Labute approximate surface area is 312 Å². The van der Waals surface area contributed by atoms with Crippen molar-refractivity contribution >= 4 is 53.0 Å². The lowest BCUT2D eigenvalue weighted by Gasteiger charge is -2.16. The van der Waals surface area contributed by atoms with Crippen molar-refractivity contribution in [3.05, 3.63) is 110 Å². The molecule has 270 valence electrons. The highest BCUT2D eigenvalue weighted by Crippen LogP contribution is 2.41. The molecule has 2 aliphatic heterocycles. The van der Waals surface area contributed by atoms with Crippen molar-refractivity contribution in [1.82, 2.24) is 30.7 Å². The van der Waals surface area contributed by atoms with Crippen molar-refractivity contribution in [3.63, 3.8) is 0 Å². The molecule has 4 aromatic rings. The van der Waals surface area contributed by atoms with Crippen molar-refractivity contribution in [1.29, 1.82) is 0 Å². The van der Waals surface area contributed by atoms with Gasteiger partial charge in [0.2, 0.25) is 11.8 Å². The van der Waals surface area contributed by atoms with Crippen molar-refractivity contribution in [2.24, 2.45) is 4.99 Å². The van der Waals surface area contributed by atoms with E-state index in [9.17, 15) is 14.4 Å². The van der Waals surface area contributed by atoms with E-state index in [2.05, 4.69) is 38.0 Å². The maximum Gasteiger partial charge on any atom is 0.262 e. The van der Waals surface area contributed by atoms with E-state index in [4.69, 9.17) is 27.9 Å². The quantitative estimate of drug-likeness (QED) is 0.0758. The SMILES string of the molecule is C=N/C(CNC[C@@H]1CCC(=O)N1)=C(\C=C(/C)c1cccc(-c2cccc(-c3ccn4c(=O)c(CNC[C@@H]5CCC(=O)N5)cnc4c3)c2Cl)c1Cl)OC. The molecule has 0 radical (unpaired) electrons. The standard InChI is InChI=1S/C39H41Cl2N7O4/c1-23(16-33(52-3)32(42-2)22-44-21-27-11-13-36(50)47-27)28-6-4-8-30(37(28)40)31-9-5-7-29(38(31)41)24-14-15-48-34(17-24)45-19-25(39(48)51)18-43-20-26-10-12-35(49)46-26/h4-9,14-17,19,26-27,43-44H,2,10-13,18,20-22H2,1,3H3,(H,46,49)(H,47,50)/b23-16+,33-32+/t26-,27-/m0/s1. The van der Waals surface area contributed by atoms with Gasteiger partial charge in [-0.1, -0.05) is 59.6 Å². The van der Waals surface area contributed by atoms with Crippen LogP contribution in [0.25, 0.3) is 33.5 Å². The molecule has 2 amide bonds. The van der Waals surface area contributed by atoms with Crippen LogP contribution >= 0.6 is 23.2 Å². The third kappa shape index (κ3) is 8.29. The number of methoxy groups -OCH3 is 1. The van der Waals surface area contributed by atoms with Gasteiger partial charge in [0, 0.05) is 85.8 Å². The minimum Gasteiger partial charge on any atom is -0.495 e. The molecular weight excluding hydrogens is 701 g/mol. The lowest BCUT2D eigenvalue weighted by atomic mass is 9.96. The van der Waals surface area contributed by atoms with Gasteiger partial charge in [-0.25, -0.2) is 4.98 Å². The maximum absolute atomic E-state index is 13.3. The zero-order valence-corrected chi connectivity index (χ0v) is 30.6. The lowest BCUT2D eigenvalue weighted by Crippen LogP contribution is -2.36. The smallest absolute Gasteiger partial charge is 0.262 e. The summed E-state index contributed by atoms with van der Waals surface area (Å²) < 4.78 is 7.23. The van der Waals surface area contributed by atoms with Gasteiger partial charge in [-0.15, -0.1) is 0 Å². The molecule has 2 atom stereocenters. The first-order valence-corrected chi connectivity index (χ1v) is 17.9. The van der Waals surface area contributed by atoms with E-state index >= 15 is 0 Å². The Bertz CT molecular complexity index is 2150. The van der Waals surface area contributed by atoms with E-state index in [0.29, 0.717) is 71.7 Å². The normalized spacial score (nSPS) is 18.0. The monoisotopic (exact) mass is 741 g/mol. The summed E-state index contributed by atoms with van der Waals surface area (Å²) >= 11 is 14.2. The number of fused-ring (bicyclic) bond motifs is 1. The van der Waals surface area contributed by atoms with Gasteiger partial charge in [-0.2, -0.15) is 0 Å². The maximum atomic E-state index is 13.3. The fourth-order valence-corrected chi connectivity index (χ4v) is 7.29. The number of carbonyl (C=O) groups is 2. The van der Waals surface area contributed by atoms with Crippen LogP contribution in [0.3, 0.4) is 0 Å². The third-order valence-electron chi connectivity index (χ3n) is 9.41. The molecule has 11 nitrogen and oxygen atoms in total. The molecule has 4 N–H and O–H groups in total. The molecule has 2 saturated heterocycles. The van der Waals surface area contributed by atoms with Crippen LogP contribution in [0.4, 0.5) is 0 Å². The number of nitrogens with one attached hydrogen (secondary N) is 4. The Hall–Kier alpha value is -4.81. The average molecular weight is 743 g/mol. The zero-order chi connectivity index (χ0) is 36.8. The molecule has 0 aliphatic carbocycles. The molecular formula is C39H41Cl2N7O4. The number of ether oxygens (including phenoxy) is 1. The van der Waals surface area contributed by atoms with Gasteiger partial charge in [-0.3, -0.25) is 23.8 Å². The van der Waals surface area contributed by atoms with Crippen LogP contribution in [0, 0.1) is 0 Å². The Kier molecular flexibility index (Phi) is 11.9. The average Bonchev–Trinajstić information content (AvgIpc) is 3.77. The predicted molar refractivity (Wildman–Crippen MR) is 206 cm³/mol. The van der Waals surface area contributed by atoms with E-state index in [1.807, 2.05) is 61.5 Å². The van der Waals surface area contributed by atoms with Gasteiger partial charge in [0.1, 0.15) is 11.4 Å². The lowest BCUT2D eigenvalue weighted by molar-refractivity contribution is -0.120. The number of nitrogens with zero attached hydrogens (tertiary/aromatic N) is 3. The first kappa shape index (κ1) is 37.0. The summed E-state index contributed by atoms with van der Waals surface area (Å²) in [5.41, 5.74) is 6.22. The Morgan fingerprint density at radius 1 is 0.981 bits per heavy atom. The second kappa shape index (κ2) is 16.7. The number of hydrogen-bond acceptors (Lipinski definition) is 8. The van der Waals surface area contributed by atoms with Crippen LogP contribution in [0.5, 0.6) is 0 Å². The summed E-state index contributed by atoms with van der Waals surface area (Å²) in [7, 11) is 1.58. The highest BCUT2D eigenvalue weighted by Gasteiger charge is 2.22. The third-order valence-corrected chi connectivity index (χ3v) is 10.2. The summed E-state index contributed by atoms with van der Waals surface area (Å²) in [5.74, 6) is 0.677. The van der Waals surface area contributed by atoms with Crippen LogP contribution in [0.15, 0.2) is 88.2 Å². The van der Waals surface area contributed by atoms with Crippen LogP contribution in [0.1, 0.15) is 43.7 Å². The number of allylic oxidation sites excluding steroid dienone is 2. The highest BCUT2D eigenvalue weighted by atomic mass is 35.5. The van der Waals surface area contributed by atoms with E-state index < -0.39 is 0 Å². The molecule has 2 aromatic carbocycles. The number of carbonyl (C=O) groups excluding carboxylic acids is 2. The molecule has 2 aromatic heterocycles. The Balaban J connectivity index is 1.22. The second-order valence-electron chi connectivity index (χ2n) is 12.9. The first-order valence-electron chi connectivity index (χ1n) is 17.2. The summed E-state index contributed by atoms with van der Waals surface area (Å²) in [4.78, 5) is 45.0. The van der Waals surface area contributed by atoms with Crippen molar-refractivity contribution < 1.29 is 14.3 Å². The first-order chi connectivity index (χ1) is 25.2. The highest BCUT2D eigenvalue weighted by molar-refractivity contribution is 6.39. The number of aromatic nitrogens is 2. The number of amides is 2. The number of benzene rings is 2. The fourth-order valence-electron chi connectivity index (χ4n) is 6.57. The summed E-state index contributed by atoms with van der Waals surface area (Å²) in [6.07, 6.45) is 7.84. The zero-order valence-electron chi connectivity index (χ0n) is 29.1. The summed E-state index contributed by atoms with van der Waals surface area (Å²) in [6, 6.07) is 15.4. The largest absolute Gasteiger partial charge is 0.495 e. The fraction of sp³-hybridized carbons (Fsp3) is 0.308. The summed E-state index contributed by atoms with van der Waals surface area (Å²) in [6.45, 7) is 7.66. The molecule has 6 rings (SSSR count). The van der Waals surface area contributed by atoms with Crippen LogP contribution in [-0.4, -0.2) is 66.7 Å². The van der Waals surface area contributed by atoms with Crippen LogP contribution < -0.4 is 26.8 Å². The van der Waals surface area contributed by atoms with E-state index in [1.54, 1.807) is 19.5 Å². The second-order valence-corrected chi connectivity index (χ2v) is 13.7. The number of halogens is 2. The van der Waals surface area contributed by atoms with Gasteiger partial charge in [0.15, 0.2) is 0 Å². The topological polar surface area (TPSA) is 138 Å². The number of aliphatic imine (C=N–C) groups is 1. The van der Waals surface area contributed by atoms with Crippen molar-refractivity contribution in [3.8, 4) is 22.3 Å². The van der Waals surface area contributed by atoms with Gasteiger partial charge in [0.25, 0.3) is 5.56 Å². The van der Waals surface area contributed by atoms with E-state index in [0.717, 1.165) is 46.2 Å². The van der Waals surface area contributed by atoms with E-state index in [1.165, 1.54) is 4.40 Å². The number of rotatable bonds is 14. The molecule has 2 aliphatic rings. The molecule has 0 unspecified atom stereocenters. The molecule has 4 heterocycles. The molecule has 13 heteroatoms. The molecule has 52 heavy (non-hydrogen) atoms. The summed E-state index contributed by atoms with van der Waals surface area (Å²) in [5, 5.41) is 13.5. The molecule has 0 spiro atoms. The van der Waals surface area contributed by atoms with Crippen molar-refractivity contribution in [2.45, 2.75) is 51.2 Å². The molecule has 0 bridgehead atoms. The Morgan fingerprint density at radius 2 is 1.63 bits per heavy atom. The van der Waals surface area contributed by atoms with Crippen molar-refractivity contribution in [2.75, 3.05) is 26.7 Å². The van der Waals surface area contributed by atoms with Gasteiger partial charge < -0.3 is 26.0 Å². The van der Waals surface area contributed by atoms with Gasteiger partial charge in [0.05, 0.1) is 22.9 Å². The Morgan fingerprint density at radius 3 is 2.29 bits per heavy atom. The van der Waals surface area contributed by atoms with E-state index in [-0.39, 0.29) is 29.5 Å². The number of pyridine rings is 1. The molecule has 0 saturated carbocycles.